The molecule has 1 aromatic heterocycles. The van der Waals surface area contributed by atoms with Crippen molar-refractivity contribution in [2.75, 3.05) is 11.9 Å². The quantitative estimate of drug-likeness (QED) is 0.381. The fraction of sp³-hybridized carbons (Fsp3) is 0.650. The zero-order chi connectivity index (χ0) is 26.5. The van der Waals surface area contributed by atoms with Crippen LogP contribution in [-0.2, 0) is 25.4 Å². The maximum Gasteiger partial charge on any atom is 0.492 e. The van der Waals surface area contributed by atoms with Gasteiger partial charge in [0.2, 0.25) is 22.0 Å². The molecule has 1 aliphatic heterocycles. The summed E-state index contributed by atoms with van der Waals surface area (Å²) in [6.07, 6.45) is -3.16. The van der Waals surface area contributed by atoms with Crippen LogP contribution in [0.15, 0.2) is 12.2 Å². The molecule has 1 saturated carbocycles. The Bertz CT molecular complexity index is 979. The van der Waals surface area contributed by atoms with Crippen molar-refractivity contribution in [3.8, 4) is 0 Å². The molecule has 16 heteroatoms. The van der Waals surface area contributed by atoms with Crippen LogP contribution in [0.3, 0.4) is 0 Å². The third-order valence-electron chi connectivity index (χ3n) is 5.71. The lowest BCUT2D eigenvalue weighted by Gasteiger charge is -2.34. The summed E-state index contributed by atoms with van der Waals surface area (Å²) >= 11 is 0.152. The molecule has 1 aromatic rings. The number of nitrogens with zero attached hydrogens (tertiary/aromatic N) is 3. The highest BCUT2D eigenvalue weighted by molar-refractivity contribution is 7.15. The first-order valence-electron chi connectivity index (χ1n) is 11.1. The molecule has 9 nitrogen and oxygen atoms in total. The highest BCUT2D eigenvalue weighted by Gasteiger charge is 2.44. The number of aromatic nitrogens is 2. The van der Waals surface area contributed by atoms with Crippen LogP contribution in [0.5, 0.6) is 0 Å². The number of amides is 2. The summed E-state index contributed by atoms with van der Waals surface area (Å²) in [5, 5.41) is 10.2. The summed E-state index contributed by atoms with van der Waals surface area (Å²) in [4.78, 5) is 40.7. The molecule has 0 bridgehead atoms. The molecule has 2 amide bonds. The van der Waals surface area contributed by atoms with Gasteiger partial charge in [-0.3, -0.25) is 14.9 Å². The lowest BCUT2D eigenvalue weighted by Crippen LogP contribution is -2.53. The van der Waals surface area contributed by atoms with Crippen molar-refractivity contribution in [3.05, 3.63) is 17.2 Å². The summed E-state index contributed by atoms with van der Waals surface area (Å²) in [7, 11) is 0. The number of piperidine rings is 1. The van der Waals surface area contributed by atoms with E-state index in [1.54, 1.807) is 0 Å². The highest BCUT2D eigenvalue weighted by Crippen LogP contribution is 2.33. The molecule has 2 aliphatic rings. The van der Waals surface area contributed by atoms with Crippen LogP contribution in [0.1, 0.15) is 50.0 Å². The summed E-state index contributed by atoms with van der Waals surface area (Å²) in [6.45, 7) is -0.0484. The maximum absolute atomic E-state index is 12.9. The van der Waals surface area contributed by atoms with E-state index in [1.165, 1.54) is 6.08 Å². The number of hydrogen-bond donors (Lipinski definition) is 2. The molecule has 0 aromatic carbocycles. The molecule has 2 N–H and O–H groups in total. The number of alkyl halides is 6. The number of hydroxylamine groups is 2. The molecule has 1 aliphatic carbocycles. The second-order valence-corrected chi connectivity index (χ2v) is 9.41. The van der Waals surface area contributed by atoms with Gasteiger partial charge in [-0.05, 0) is 31.6 Å². The first-order valence-corrected chi connectivity index (χ1v) is 11.9. The van der Waals surface area contributed by atoms with Crippen molar-refractivity contribution in [1.29, 1.82) is 0 Å². The van der Waals surface area contributed by atoms with Gasteiger partial charge in [0, 0.05) is 18.7 Å². The van der Waals surface area contributed by atoms with Gasteiger partial charge in [0.25, 0.3) is 0 Å². The van der Waals surface area contributed by atoms with Crippen molar-refractivity contribution >= 4 is 34.3 Å². The predicted octanol–water partition coefficient (Wildman–Crippen LogP) is 3.60. The van der Waals surface area contributed by atoms with Crippen molar-refractivity contribution in [2.45, 2.75) is 69.4 Å². The average Bonchev–Trinajstić information content (AvgIpc) is 3.23. The minimum Gasteiger partial charge on any atom is -0.360 e. The Balaban J connectivity index is 1.63. The van der Waals surface area contributed by atoms with Crippen LogP contribution in [0.2, 0.25) is 0 Å². The summed E-state index contributed by atoms with van der Waals surface area (Å²) < 4.78 is 75.7. The Morgan fingerprint density at radius 1 is 1.08 bits per heavy atom. The summed E-state index contributed by atoms with van der Waals surface area (Å²) in [6, 6.07) is -1.82. The molecule has 0 unspecified atom stereocenters. The van der Waals surface area contributed by atoms with Crippen LogP contribution in [0.25, 0.3) is 0 Å². The van der Waals surface area contributed by atoms with Gasteiger partial charge in [-0.15, -0.1) is 15.3 Å². The molecule has 36 heavy (non-hydrogen) atoms. The van der Waals surface area contributed by atoms with Gasteiger partial charge in [-0.25, -0.2) is 4.79 Å². The molecule has 200 valence electrons. The molecule has 2 fully saturated rings. The second kappa shape index (κ2) is 11.5. The van der Waals surface area contributed by atoms with Crippen molar-refractivity contribution in [2.24, 2.45) is 5.92 Å². The normalized spacial score (nSPS) is 20.6. The van der Waals surface area contributed by atoms with Crippen molar-refractivity contribution < 1.29 is 45.6 Å². The van der Waals surface area contributed by atoms with Gasteiger partial charge >= 0.3 is 18.3 Å². The zero-order valence-electron chi connectivity index (χ0n) is 18.7. The number of carbonyl (C=O) groups is 3. The lowest BCUT2D eigenvalue weighted by atomic mass is 9.80. The van der Waals surface area contributed by atoms with E-state index in [4.69, 9.17) is 0 Å². The standard InChI is InChI=1S/C20H23F6N5O4S/c21-19(22,23)16-29-30-18(36-16)28-14(32)8-7-12(10-11-4-3-5-11)27-15(33)13-6-1-2-9-31(13)35-17(34)20(24,25)26/h7-8,11-13H,1-6,9-10H2,(H,27,33)(H,28,30,32)/b8-7+/t12-,13+/m1/s1. The van der Waals surface area contributed by atoms with E-state index in [2.05, 4.69) is 25.7 Å². The molecule has 2 atom stereocenters. The minimum atomic E-state index is -5.21. The Hall–Kier alpha value is -2.75. The number of carbonyl (C=O) groups excluding carboxylic acids is 3. The number of nitrogens with one attached hydrogen (secondary N) is 2. The number of halogens is 6. The van der Waals surface area contributed by atoms with E-state index in [0.717, 1.165) is 30.4 Å². The molecular formula is C20H23F6N5O4S. The van der Waals surface area contributed by atoms with E-state index in [-0.39, 0.29) is 35.4 Å². The molecular weight excluding hydrogens is 520 g/mol. The van der Waals surface area contributed by atoms with Crippen LogP contribution >= 0.6 is 11.3 Å². The average molecular weight is 543 g/mol. The Labute approximate surface area is 205 Å². The third kappa shape index (κ3) is 7.88. The fourth-order valence-corrected chi connectivity index (χ4v) is 4.34. The van der Waals surface area contributed by atoms with Crippen LogP contribution in [0.4, 0.5) is 31.5 Å². The van der Waals surface area contributed by atoms with E-state index in [0.29, 0.717) is 19.3 Å². The first-order chi connectivity index (χ1) is 16.8. The molecule has 3 rings (SSSR count). The Morgan fingerprint density at radius 3 is 2.39 bits per heavy atom. The lowest BCUT2D eigenvalue weighted by molar-refractivity contribution is -0.248. The van der Waals surface area contributed by atoms with E-state index < -0.39 is 47.2 Å². The van der Waals surface area contributed by atoms with Gasteiger partial charge in [0.1, 0.15) is 6.04 Å². The van der Waals surface area contributed by atoms with E-state index in [9.17, 15) is 40.7 Å². The fourth-order valence-electron chi connectivity index (χ4n) is 3.73. The SMILES string of the molecule is O=C(/C=C/[C@H](CC1CCC1)NC(=O)[C@@H]1CCCCN1OC(=O)C(F)(F)F)Nc1nnc(C(F)(F)F)s1. The first kappa shape index (κ1) is 27.8. The van der Waals surface area contributed by atoms with Crippen LogP contribution < -0.4 is 10.6 Å². The molecule has 1 saturated heterocycles. The number of rotatable bonds is 8. The molecule has 0 radical (unpaired) electrons. The summed E-state index contributed by atoms with van der Waals surface area (Å²) in [5.41, 5.74) is 0. The van der Waals surface area contributed by atoms with Gasteiger partial charge in [-0.1, -0.05) is 36.7 Å². The van der Waals surface area contributed by atoms with Gasteiger partial charge in [-0.2, -0.15) is 26.3 Å². The Morgan fingerprint density at radius 2 is 1.81 bits per heavy atom. The monoisotopic (exact) mass is 543 g/mol. The topological polar surface area (TPSA) is 114 Å². The molecule has 0 spiro atoms. The van der Waals surface area contributed by atoms with Crippen molar-refractivity contribution in [3.63, 3.8) is 0 Å². The van der Waals surface area contributed by atoms with Crippen molar-refractivity contribution in [1.82, 2.24) is 20.6 Å². The minimum absolute atomic E-state index is 0.0484. The number of anilines is 1. The Kier molecular flexibility index (Phi) is 8.92. The third-order valence-corrected chi connectivity index (χ3v) is 6.59. The molecule has 2 heterocycles. The highest BCUT2D eigenvalue weighted by atomic mass is 32.1. The van der Waals surface area contributed by atoms with E-state index in [1.807, 2.05) is 0 Å². The van der Waals surface area contributed by atoms with Gasteiger partial charge in [0.15, 0.2) is 0 Å². The largest absolute Gasteiger partial charge is 0.492 e. The van der Waals surface area contributed by atoms with Crippen LogP contribution in [-0.4, -0.2) is 57.8 Å². The maximum atomic E-state index is 12.9. The van der Waals surface area contributed by atoms with E-state index >= 15 is 0 Å². The predicted molar refractivity (Wildman–Crippen MR) is 113 cm³/mol. The zero-order valence-corrected chi connectivity index (χ0v) is 19.5. The summed E-state index contributed by atoms with van der Waals surface area (Å²) in [5.74, 6) is -3.63. The second-order valence-electron chi connectivity index (χ2n) is 8.43. The smallest absolute Gasteiger partial charge is 0.360 e. The van der Waals surface area contributed by atoms with Gasteiger partial charge < -0.3 is 10.2 Å². The van der Waals surface area contributed by atoms with Crippen LogP contribution in [0, 0.1) is 5.92 Å². The number of hydrogen-bond acceptors (Lipinski definition) is 8. The van der Waals surface area contributed by atoms with Gasteiger partial charge in [0.05, 0.1) is 0 Å².